The van der Waals surface area contributed by atoms with Gasteiger partial charge in [-0.05, 0) is 61.2 Å². The van der Waals surface area contributed by atoms with Gasteiger partial charge in [-0.3, -0.25) is 19.2 Å². The summed E-state index contributed by atoms with van der Waals surface area (Å²) in [5.74, 6) is -2.29. The van der Waals surface area contributed by atoms with Gasteiger partial charge in [-0.1, -0.05) is 60.7 Å². The molecule has 9 N–H and O–H groups in total. The molecule has 10 nitrogen and oxygen atoms in total. The van der Waals surface area contributed by atoms with E-state index in [1.165, 1.54) is 0 Å². The molecule has 3 atom stereocenters. The molecule has 0 heterocycles. The molecule has 4 amide bonds. The van der Waals surface area contributed by atoms with Crippen molar-refractivity contribution in [1.82, 2.24) is 16.0 Å². The number of unbranched alkanes of at least 4 members (excludes halogenated alkanes) is 1. The van der Waals surface area contributed by atoms with Crippen LogP contribution in [0.1, 0.15) is 46.8 Å². The number of rotatable bonds is 14. The van der Waals surface area contributed by atoms with Crippen molar-refractivity contribution in [1.29, 1.82) is 0 Å². The zero-order valence-electron chi connectivity index (χ0n) is 22.2. The number of hydrogen-bond donors (Lipinski definition) is 6. The standard InChI is InChI=1S/C30H36N6O4/c31-18-8-7-13-24(29(39)36-26(27(33)37)21-9-3-1-4-10-21)34-30(40)25(19-20-14-16-23(32)17-15-20)35-28(38)22-11-5-2-6-12-22/h1-6,9-12,14-17,24-26H,7-8,13,18-19,31-32H2,(H2,33,37)(H,34,40)(H,35,38)(H,36,39)/t24-,25-,26-/m0/s1. The number of primary amides is 1. The highest BCUT2D eigenvalue weighted by molar-refractivity contribution is 5.98. The van der Waals surface area contributed by atoms with Crippen LogP contribution in [0.25, 0.3) is 0 Å². The van der Waals surface area contributed by atoms with E-state index < -0.39 is 41.8 Å². The van der Waals surface area contributed by atoms with Gasteiger partial charge in [-0.25, -0.2) is 0 Å². The lowest BCUT2D eigenvalue weighted by atomic mass is 10.0. The van der Waals surface area contributed by atoms with Crippen LogP contribution in [0.2, 0.25) is 0 Å². The average molecular weight is 545 g/mol. The fraction of sp³-hybridized carbons (Fsp3) is 0.267. The molecule has 210 valence electrons. The highest BCUT2D eigenvalue weighted by Gasteiger charge is 2.29. The van der Waals surface area contributed by atoms with Gasteiger partial charge in [0.15, 0.2) is 0 Å². The second-order valence-corrected chi connectivity index (χ2v) is 9.44. The van der Waals surface area contributed by atoms with E-state index in [2.05, 4.69) is 16.0 Å². The zero-order chi connectivity index (χ0) is 28.9. The first-order valence-corrected chi connectivity index (χ1v) is 13.1. The van der Waals surface area contributed by atoms with Crippen molar-refractivity contribution in [3.8, 4) is 0 Å². The van der Waals surface area contributed by atoms with Crippen LogP contribution < -0.4 is 33.2 Å². The molecule has 0 aliphatic heterocycles. The first kappa shape index (κ1) is 29.9. The highest BCUT2D eigenvalue weighted by atomic mass is 16.2. The second kappa shape index (κ2) is 15.0. The molecule has 3 rings (SSSR count). The molecule has 0 bridgehead atoms. The number of nitrogen functional groups attached to an aromatic ring is 1. The first-order valence-electron chi connectivity index (χ1n) is 13.1. The summed E-state index contributed by atoms with van der Waals surface area (Å²) in [6.45, 7) is 0.420. The number of hydrogen-bond acceptors (Lipinski definition) is 6. The predicted molar refractivity (Wildman–Crippen MR) is 154 cm³/mol. The van der Waals surface area contributed by atoms with Crippen LogP contribution in [0.4, 0.5) is 5.69 Å². The molecule has 3 aromatic rings. The number of anilines is 1. The van der Waals surface area contributed by atoms with Crippen LogP contribution in [0, 0.1) is 0 Å². The lowest BCUT2D eigenvalue weighted by Gasteiger charge is -2.25. The molecule has 0 saturated heterocycles. The van der Waals surface area contributed by atoms with Crippen LogP contribution in [0.15, 0.2) is 84.9 Å². The van der Waals surface area contributed by atoms with Gasteiger partial charge in [0, 0.05) is 17.7 Å². The summed E-state index contributed by atoms with van der Waals surface area (Å²) in [4.78, 5) is 52.1. The Morgan fingerprint density at radius 1 is 0.700 bits per heavy atom. The Morgan fingerprint density at radius 3 is 1.90 bits per heavy atom. The smallest absolute Gasteiger partial charge is 0.251 e. The maximum absolute atomic E-state index is 13.6. The van der Waals surface area contributed by atoms with E-state index in [9.17, 15) is 19.2 Å². The van der Waals surface area contributed by atoms with Gasteiger partial charge in [0.1, 0.15) is 18.1 Å². The third-order valence-corrected chi connectivity index (χ3v) is 6.36. The largest absolute Gasteiger partial charge is 0.399 e. The van der Waals surface area contributed by atoms with Crippen LogP contribution >= 0.6 is 0 Å². The molecular weight excluding hydrogens is 508 g/mol. The molecule has 0 aliphatic rings. The van der Waals surface area contributed by atoms with Crippen molar-refractivity contribution in [2.75, 3.05) is 12.3 Å². The van der Waals surface area contributed by atoms with Gasteiger partial charge in [-0.15, -0.1) is 0 Å². The highest BCUT2D eigenvalue weighted by Crippen LogP contribution is 2.14. The fourth-order valence-electron chi connectivity index (χ4n) is 4.17. The summed E-state index contributed by atoms with van der Waals surface area (Å²) >= 11 is 0. The molecule has 0 aromatic heterocycles. The Bertz CT molecular complexity index is 1270. The number of benzene rings is 3. The van der Waals surface area contributed by atoms with Crippen molar-refractivity contribution in [3.63, 3.8) is 0 Å². The number of amides is 4. The Kier molecular flexibility index (Phi) is 11.2. The molecule has 0 fully saturated rings. The van der Waals surface area contributed by atoms with Crippen LogP contribution in [0.5, 0.6) is 0 Å². The third-order valence-electron chi connectivity index (χ3n) is 6.36. The number of carbonyl (C=O) groups is 4. The molecule has 0 unspecified atom stereocenters. The minimum absolute atomic E-state index is 0.162. The Morgan fingerprint density at radius 2 is 1.30 bits per heavy atom. The summed E-state index contributed by atoms with van der Waals surface area (Å²) in [7, 11) is 0. The van der Waals surface area contributed by atoms with Crippen molar-refractivity contribution in [3.05, 3.63) is 102 Å². The van der Waals surface area contributed by atoms with Gasteiger partial charge in [-0.2, -0.15) is 0 Å². The molecule has 0 radical (unpaired) electrons. The van der Waals surface area contributed by atoms with Gasteiger partial charge < -0.3 is 33.2 Å². The minimum atomic E-state index is -1.08. The normalized spacial score (nSPS) is 12.9. The lowest BCUT2D eigenvalue weighted by molar-refractivity contribution is -0.132. The van der Waals surface area contributed by atoms with E-state index in [-0.39, 0.29) is 12.8 Å². The molecule has 10 heteroatoms. The van der Waals surface area contributed by atoms with Crippen molar-refractivity contribution in [2.45, 2.75) is 43.8 Å². The average Bonchev–Trinajstić information content (AvgIpc) is 2.96. The molecule has 40 heavy (non-hydrogen) atoms. The number of nitrogens with one attached hydrogen (secondary N) is 3. The monoisotopic (exact) mass is 544 g/mol. The Hall–Kier alpha value is -4.70. The molecular formula is C30H36N6O4. The van der Waals surface area contributed by atoms with Crippen LogP contribution in [-0.2, 0) is 20.8 Å². The van der Waals surface area contributed by atoms with Crippen molar-refractivity contribution >= 4 is 29.3 Å². The topological polar surface area (TPSA) is 182 Å². The predicted octanol–water partition coefficient (Wildman–Crippen LogP) is 1.57. The van der Waals surface area contributed by atoms with Crippen LogP contribution in [-0.4, -0.2) is 42.3 Å². The Labute approximate surface area is 233 Å². The first-order chi connectivity index (χ1) is 19.3. The van der Waals surface area contributed by atoms with Gasteiger partial charge in [0.05, 0.1) is 0 Å². The molecule has 0 aliphatic carbocycles. The minimum Gasteiger partial charge on any atom is -0.399 e. The molecule has 3 aromatic carbocycles. The summed E-state index contributed by atoms with van der Waals surface area (Å²) in [6.07, 6.45) is 1.63. The lowest BCUT2D eigenvalue weighted by Crippen LogP contribution is -2.55. The summed E-state index contributed by atoms with van der Waals surface area (Å²) < 4.78 is 0. The summed E-state index contributed by atoms with van der Waals surface area (Å²) in [6, 6.07) is 21.0. The van der Waals surface area contributed by atoms with Crippen molar-refractivity contribution in [2.24, 2.45) is 11.5 Å². The Balaban J connectivity index is 1.82. The maximum Gasteiger partial charge on any atom is 0.251 e. The van der Waals surface area contributed by atoms with E-state index in [0.29, 0.717) is 36.2 Å². The van der Waals surface area contributed by atoms with Crippen molar-refractivity contribution < 1.29 is 19.2 Å². The van der Waals surface area contributed by atoms with Gasteiger partial charge in [0.2, 0.25) is 17.7 Å². The van der Waals surface area contributed by atoms with Gasteiger partial charge in [0.25, 0.3) is 5.91 Å². The molecule has 0 saturated carbocycles. The van der Waals surface area contributed by atoms with Crippen LogP contribution in [0.3, 0.4) is 0 Å². The van der Waals surface area contributed by atoms with E-state index in [0.717, 1.165) is 5.56 Å². The van der Waals surface area contributed by atoms with E-state index in [1.807, 2.05) is 0 Å². The second-order valence-electron chi connectivity index (χ2n) is 9.44. The molecule has 0 spiro atoms. The fourth-order valence-corrected chi connectivity index (χ4v) is 4.17. The maximum atomic E-state index is 13.6. The number of carbonyl (C=O) groups excluding carboxylic acids is 4. The van der Waals surface area contributed by atoms with Gasteiger partial charge >= 0.3 is 0 Å². The van der Waals surface area contributed by atoms with E-state index >= 15 is 0 Å². The zero-order valence-corrected chi connectivity index (χ0v) is 22.2. The SMILES string of the molecule is NCCCC[C@H](NC(=O)[C@H](Cc1ccc(N)cc1)NC(=O)c1ccccc1)C(=O)N[C@H](C(N)=O)c1ccccc1. The van der Waals surface area contributed by atoms with E-state index in [4.69, 9.17) is 17.2 Å². The summed E-state index contributed by atoms with van der Waals surface area (Å²) in [5.41, 5.74) is 19.3. The third kappa shape index (κ3) is 8.95. The summed E-state index contributed by atoms with van der Waals surface area (Å²) in [5, 5.41) is 8.23. The quantitative estimate of drug-likeness (QED) is 0.132. The van der Waals surface area contributed by atoms with E-state index in [1.54, 1.807) is 84.9 Å². The number of nitrogens with two attached hydrogens (primary N) is 3.